The smallest absolute Gasteiger partial charge is 0.337 e. The fraction of sp³-hybridized carbons (Fsp3) is 0.321. The highest BCUT2D eigenvalue weighted by atomic mass is 32.1. The van der Waals surface area contributed by atoms with Crippen LogP contribution in [0.25, 0.3) is 15.9 Å². The Bertz CT molecular complexity index is 1600. The van der Waals surface area contributed by atoms with E-state index in [1.54, 1.807) is 18.2 Å². The minimum atomic E-state index is -0.579. The molecular formula is C28H29N3O5S. The number of nitrogens with zero attached hydrogens (tertiary/aromatic N) is 2. The number of fused-ring (bicyclic) bond motifs is 3. The second-order valence-corrected chi connectivity index (χ2v) is 10.3. The number of carbonyl (C=O) groups excluding carboxylic acids is 1. The number of carbonyl (C=O) groups is 1. The Morgan fingerprint density at radius 1 is 1.03 bits per heavy atom. The largest absolute Gasteiger partial charge is 0.497 e. The van der Waals surface area contributed by atoms with E-state index >= 15 is 0 Å². The predicted molar refractivity (Wildman–Crippen MR) is 144 cm³/mol. The first-order valence-electron chi connectivity index (χ1n) is 12.3. The van der Waals surface area contributed by atoms with E-state index in [1.807, 2.05) is 31.2 Å². The molecular weight excluding hydrogens is 490 g/mol. The van der Waals surface area contributed by atoms with Crippen molar-refractivity contribution in [2.75, 3.05) is 14.2 Å². The molecule has 1 N–H and O–H groups in total. The average Bonchev–Trinajstić information content (AvgIpc) is 3.30. The molecule has 0 fully saturated rings. The number of aryl methyl sites for hydroxylation is 3. The van der Waals surface area contributed by atoms with E-state index in [0.29, 0.717) is 33.9 Å². The molecule has 1 amide bonds. The molecule has 4 aromatic rings. The van der Waals surface area contributed by atoms with E-state index in [2.05, 4.69) is 5.32 Å². The molecule has 37 heavy (non-hydrogen) atoms. The maximum atomic E-state index is 13.9. The molecule has 192 valence electrons. The third-order valence-corrected chi connectivity index (χ3v) is 8.09. The number of thiophene rings is 1. The normalized spacial score (nSPS) is 12.8. The van der Waals surface area contributed by atoms with Gasteiger partial charge in [-0.05, 0) is 55.9 Å². The summed E-state index contributed by atoms with van der Waals surface area (Å²) in [5.74, 6) is 0.568. The number of hydrogen-bond acceptors (Lipinski definition) is 6. The van der Waals surface area contributed by atoms with Gasteiger partial charge >= 0.3 is 5.69 Å². The lowest BCUT2D eigenvalue weighted by Gasteiger charge is -2.16. The maximum absolute atomic E-state index is 13.9. The molecule has 2 aromatic heterocycles. The van der Waals surface area contributed by atoms with Crippen LogP contribution in [0.1, 0.15) is 34.4 Å². The van der Waals surface area contributed by atoms with Gasteiger partial charge in [-0.25, -0.2) is 9.36 Å². The highest BCUT2D eigenvalue weighted by molar-refractivity contribution is 7.18. The van der Waals surface area contributed by atoms with E-state index in [0.717, 1.165) is 51.8 Å². The summed E-state index contributed by atoms with van der Waals surface area (Å²) in [6.45, 7) is 2.16. The third-order valence-electron chi connectivity index (χ3n) is 6.78. The van der Waals surface area contributed by atoms with E-state index in [1.165, 1.54) is 30.1 Å². The fourth-order valence-electron chi connectivity index (χ4n) is 4.80. The van der Waals surface area contributed by atoms with Crippen LogP contribution >= 0.6 is 11.3 Å². The topological polar surface area (TPSA) is 91.6 Å². The summed E-state index contributed by atoms with van der Waals surface area (Å²) in [5, 5.41) is 3.43. The molecule has 9 heteroatoms. The van der Waals surface area contributed by atoms with Crippen molar-refractivity contribution in [1.29, 1.82) is 0 Å². The molecule has 2 heterocycles. The number of hydrogen-bond donors (Lipinski definition) is 1. The lowest BCUT2D eigenvalue weighted by Crippen LogP contribution is -2.41. The molecule has 1 aliphatic rings. The molecule has 0 saturated carbocycles. The molecule has 0 atom stereocenters. The molecule has 0 radical (unpaired) electrons. The van der Waals surface area contributed by atoms with Crippen LogP contribution < -0.4 is 26.0 Å². The summed E-state index contributed by atoms with van der Waals surface area (Å²) in [4.78, 5) is 42.4. The number of aromatic nitrogens is 2. The lowest BCUT2D eigenvalue weighted by atomic mass is 9.97. The first-order chi connectivity index (χ1) is 17.9. The number of amides is 1. The maximum Gasteiger partial charge on any atom is 0.337 e. The van der Waals surface area contributed by atoms with Crippen molar-refractivity contribution in [3.8, 4) is 17.2 Å². The van der Waals surface area contributed by atoms with Gasteiger partial charge in [0, 0.05) is 17.5 Å². The van der Waals surface area contributed by atoms with E-state index < -0.39 is 5.69 Å². The van der Waals surface area contributed by atoms with Gasteiger partial charge in [-0.2, -0.15) is 0 Å². The van der Waals surface area contributed by atoms with E-state index in [9.17, 15) is 14.4 Å². The number of ether oxygens (including phenoxy) is 2. The molecule has 0 spiro atoms. The monoisotopic (exact) mass is 519 g/mol. The molecule has 1 aliphatic carbocycles. The third kappa shape index (κ3) is 4.67. The van der Waals surface area contributed by atoms with Crippen LogP contribution in [0, 0.1) is 6.92 Å². The van der Waals surface area contributed by atoms with Crippen molar-refractivity contribution < 1.29 is 14.3 Å². The number of methoxy groups -OCH3 is 2. The molecule has 8 nitrogen and oxygen atoms in total. The molecule has 0 saturated heterocycles. The van der Waals surface area contributed by atoms with Crippen molar-refractivity contribution in [1.82, 2.24) is 14.5 Å². The van der Waals surface area contributed by atoms with E-state index in [-0.39, 0.29) is 18.0 Å². The van der Waals surface area contributed by atoms with Gasteiger partial charge in [0.05, 0.1) is 25.3 Å². The van der Waals surface area contributed by atoms with Gasteiger partial charge in [-0.1, -0.05) is 29.8 Å². The second-order valence-electron chi connectivity index (χ2n) is 9.20. The Balaban J connectivity index is 1.62. The summed E-state index contributed by atoms with van der Waals surface area (Å²) < 4.78 is 13.3. The van der Waals surface area contributed by atoms with Crippen molar-refractivity contribution in [3.63, 3.8) is 0 Å². The number of rotatable bonds is 7. The van der Waals surface area contributed by atoms with Crippen LogP contribution in [0.3, 0.4) is 0 Å². The summed E-state index contributed by atoms with van der Waals surface area (Å²) in [7, 11) is 3.01. The molecule has 2 aromatic carbocycles. The van der Waals surface area contributed by atoms with E-state index in [4.69, 9.17) is 9.47 Å². The zero-order valence-corrected chi connectivity index (χ0v) is 21.9. The van der Waals surface area contributed by atoms with Crippen LogP contribution in [0.4, 0.5) is 0 Å². The minimum absolute atomic E-state index is 0.195. The van der Waals surface area contributed by atoms with Crippen molar-refractivity contribution in [3.05, 3.63) is 84.9 Å². The molecule has 0 bridgehead atoms. The lowest BCUT2D eigenvalue weighted by molar-refractivity contribution is -0.121. The zero-order chi connectivity index (χ0) is 26.1. The van der Waals surface area contributed by atoms with Gasteiger partial charge in [0.1, 0.15) is 22.9 Å². The standard InChI is InChI=1S/C28H29N3O5S/c1-17-8-10-18(11-9-17)15-29-24(32)16-30-27-25(20-6-4-5-7-23(20)37-27)26(33)31(28(30)34)21-13-12-19(35-2)14-22(21)36-3/h8-14H,4-7,15-16H2,1-3H3,(H,29,32). The zero-order valence-electron chi connectivity index (χ0n) is 21.1. The quantitative estimate of drug-likeness (QED) is 0.402. The molecule has 0 unspecified atom stereocenters. The van der Waals surface area contributed by atoms with Crippen LogP contribution in [-0.4, -0.2) is 29.3 Å². The molecule has 0 aliphatic heterocycles. The minimum Gasteiger partial charge on any atom is -0.497 e. The van der Waals surface area contributed by atoms with Crippen molar-refractivity contribution >= 4 is 27.5 Å². The van der Waals surface area contributed by atoms with Crippen LogP contribution in [-0.2, 0) is 30.7 Å². The Kier molecular flexibility index (Phi) is 6.88. The first kappa shape index (κ1) is 24.8. The summed E-state index contributed by atoms with van der Waals surface area (Å²) in [6, 6.07) is 12.8. The Morgan fingerprint density at radius 3 is 2.51 bits per heavy atom. The predicted octanol–water partition coefficient (Wildman–Crippen LogP) is 3.73. The van der Waals surface area contributed by atoms with Gasteiger partial charge in [-0.3, -0.25) is 14.2 Å². The Labute approximate surface area is 218 Å². The van der Waals surface area contributed by atoms with Gasteiger partial charge in [0.15, 0.2) is 0 Å². The Morgan fingerprint density at radius 2 is 1.78 bits per heavy atom. The van der Waals surface area contributed by atoms with Crippen LogP contribution in [0.5, 0.6) is 11.5 Å². The van der Waals surface area contributed by atoms with Crippen molar-refractivity contribution in [2.45, 2.75) is 45.7 Å². The second kappa shape index (κ2) is 10.3. The summed E-state index contributed by atoms with van der Waals surface area (Å²) in [6.07, 6.45) is 3.68. The molecule has 5 rings (SSSR count). The highest BCUT2D eigenvalue weighted by Gasteiger charge is 2.26. The highest BCUT2D eigenvalue weighted by Crippen LogP contribution is 2.35. The van der Waals surface area contributed by atoms with Gasteiger partial charge < -0.3 is 14.8 Å². The number of benzene rings is 2. The average molecular weight is 520 g/mol. The van der Waals surface area contributed by atoms with Gasteiger partial charge in [0.2, 0.25) is 5.91 Å². The summed E-state index contributed by atoms with van der Waals surface area (Å²) in [5.41, 5.74) is 2.44. The van der Waals surface area contributed by atoms with Gasteiger partial charge in [-0.15, -0.1) is 11.3 Å². The fourth-order valence-corrected chi connectivity index (χ4v) is 6.17. The summed E-state index contributed by atoms with van der Waals surface area (Å²) >= 11 is 1.45. The Hall–Kier alpha value is -3.85. The van der Waals surface area contributed by atoms with Crippen LogP contribution in [0.15, 0.2) is 52.1 Å². The van der Waals surface area contributed by atoms with Crippen LogP contribution in [0.2, 0.25) is 0 Å². The first-order valence-corrected chi connectivity index (χ1v) is 13.1. The SMILES string of the molecule is COc1ccc(-n2c(=O)c3c4c(sc3n(CC(=O)NCc3ccc(C)cc3)c2=O)CCCC4)c(OC)c1. The number of nitrogens with one attached hydrogen (secondary N) is 1. The van der Waals surface area contributed by atoms with Gasteiger partial charge in [0.25, 0.3) is 5.56 Å². The van der Waals surface area contributed by atoms with Crippen molar-refractivity contribution in [2.24, 2.45) is 0 Å².